The molecule has 2 nitrogen and oxygen atoms in total. The highest BCUT2D eigenvalue weighted by Gasteiger charge is 2.09. The quantitative estimate of drug-likeness (QED) is 0.802. The number of halogens is 1. The highest BCUT2D eigenvalue weighted by atomic mass is 35.5. The van der Waals surface area contributed by atoms with Crippen molar-refractivity contribution in [2.75, 3.05) is 24.2 Å². The van der Waals surface area contributed by atoms with Gasteiger partial charge in [-0.15, -0.1) is 0 Å². The minimum Gasteiger partial charge on any atom is -0.398 e. The van der Waals surface area contributed by atoms with Gasteiger partial charge < -0.3 is 10.6 Å². The average molecular weight is 227 g/mol. The van der Waals surface area contributed by atoms with Crippen molar-refractivity contribution in [3.05, 3.63) is 22.7 Å². The van der Waals surface area contributed by atoms with Crippen molar-refractivity contribution in [3.63, 3.8) is 0 Å². The van der Waals surface area contributed by atoms with Crippen molar-refractivity contribution in [1.29, 1.82) is 0 Å². The topological polar surface area (TPSA) is 29.3 Å². The lowest BCUT2D eigenvalue weighted by molar-refractivity contribution is 0.638. The lowest BCUT2D eigenvalue weighted by Crippen LogP contribution is -2.23. The molecule has 0 heterocycles. The van der Waals surface area contributed by atoms with Gasteiger partial charge in [-0.2, -0.15) is 0 Å². The van der Waals surface area contributed by atoms with Gasteiger partial charge in [0, 0.05) is 19.3 Å². The zero-order valence-electron chi connectivity index (χ0n) is 9.84. The van der Waals surface area contributed by atoms with Gasteiger partial charge in [-0.25, -0.2) is 0 Å². The minimum absolute atomic E-state index is 0.630. The summed E-state index contributed by atoms with van der Waals surface area (Å²) in [5, 5.41) is 0.631. The third kappa shape index (κ3) is 3.03. The summed E-state index contributed by atoms with van der Waals surface area (Å²) in [5.74, 6) is 0.630. The fourth-order valence-corrected chi connectivity index (χ4v) is 1.91. The normalized spacial score (nSPS) is 10.8. The van der Waals surface area contributed by atoms with E-state index in [1.807, 2.05) is 12.1 Å². The Hall–Kier alpha value is -0.890. The van der Waals surface area contributed by atoms with E-state index >= 15 is 0 Å². The summed E-state index contributed by atoms with van der Waals surface area (Å²) in [4.78, 5) is 2.21. The predicted octanol–water partition coefficient (Wildman–Crippen LogP) is 3.32. The molecule has 0 bridgehead atoms. The summed E-state index contributed by atoms with van der Waals surface area (Å²) >= 11 is 6.01. The van der Waals surface area contributed by atoms with Crippen molar-refractivity contribution in [2.24, 2.45) is 5.92 Å². The van der Waals surface area contributed by atoms with Gasteiger partial charge >= 0.3 is 0 Å². The molecule has 0 amide bonds. The largest absolute Gasteiger partial charge is 0.398 e. The Morgan fingerprint density at radius 3 is 2.53 bits per heavy atom. The van der Waals surface area contributed by atoms with E-state index in [1.165, 1.54) is 5.56 Å². The van der Waals surface area contributed by atoms with Crippen LogP contribution in [0.4, 0.5) is 11.4 Å². The van der Waals surface area contributed by atoms with Crippen LogP contribution in [-0.4, -0.2) is 13.6 Å². The van der Waals surface area contributed by atoms with Crippen LogP contribution in [0.3, 0.4) is 0 Å². The average Bonchev–Trinajstić information content (AvgIpc) is 2.09. The van der Waals surface area contributed by atoms with E-state index in [0.717, 1.165) is 12.2 Å². The summed E-state index contributed by atoms with van der Waals surface area (Å²) in [7, 11) is 2.08. The van der Waals surface area contributed by atoms with E-state index in [9.17, 15) is 0 Å². The molecule has 0 radical (unpaired) electrons. The molecule has 0 aromatic heterocycles. The molecule has 0 aliphatic carbocycles. The third-order valence-corrected chi connectivity index (χ3v) is 2.69. The molecular formula is C12H19ClN2. The number of benzene rings is 1. The summed E-state index contributed by atoms with van der Waals surface area (Å²) < 4.78 is 0. The Morgan fingerprint density at radius 2 is 2.00 bits per heavy atom. The first-order valence-corrected chi connectivity index (χ1v) is 5.56. The van der Waals surface area contributed by atoms with Crippen LogP contribution in [-0.2, 0) is 0 Å². The molecule has 15 heavy (non-hydrogen) atoms. The Bertz CT molecular complexity index is 348. The summed E-state index contributed by atoms with van der Waals surface area (Å²) in [5.41, 5.74) is 8.71. The van der Waals surface area contributed by atoms with Crippen molar-refractivity contribution in [3.8, 4) is 0 Å². The number of hydrogen-bond donors (Lipinski definition) is 1. The van der Waals surface area contributed by atoms with Gasteiger partial charge in [0.05, 0.1) is 10.7 Å². The van der Waals surface area contributed by atoms with Gasteiger partial charge in [0.25, 0.3) is 0 Å². The second-order valence-electron chi connectivity index (χ2n) is 4.43. The summed E-state index contributed by atoms with van der Waals surface area (Å²) in [6.07, 6.45) is 0. The van der Waals surface area contributed by atoms with Gasteiger partial charge in [0.1, 0.15) is 0 Å². The van der Waals surface area contributed by atoms with Crippen molar-refractivity contribution < 1.29 is 0 Å². The Labute approximate surface area is 97.0 Å². The number of nitrogens with zero attached hydrogens (tertiary/aromatic N) is 1. The number of nitrogens with two attached hydrogens (primary N) is 1. The summed E-state index contributed by atoms with van der Waals surface area (Å²) in [6.45, 7) is 7.47. The Kier molecular flexibility index (Phi) is 3.86. The van der Waals surface area contributed by atoms with Crippen LogP contribution in [0.15, 0.2) is 12.1 Å². The first-order chi connectivity index (χ1) is 6.91. The van der Waals surface area contributed by atoms with E-state index in [4.69, 9.17) is 17.3 Å². The Balaban J connectivity index is 2.98. The van der Waals surface area contributed by atoms with Gasteiger partial charge in [-0.1, -0.05) is 25.4 Å². The van der Waals surface area contributed by atoms with Crippen molar-refractivity contribution in [1.82, 2.24) is 0 Å². The number of anilines is 2. The third-order valence-electron chi connectivity index (χ3n) is 2.37. The molecule has 0 unspecified atom stereocenters. The molecular weight excluding hydrogens is 208 g/mol. The molecule has 84 valence electrons. The highest BCUT2D eigenvalue weighted by Crippen LogP contribution is 2.29. The smallest absolute Gasteiger partial charge is 0.0656 e. The second kappa shape index (κ2) is 4.75. The van der Waals surface area contributed by atoms with Gasteiger partial charge in [-0.05, 0) is 30.5 Å². The SMILES string of the molecule is Cc1cc(N)c(Cl)cc1N(C)CC(C)C. The van der Waals surface area contributed by atoms with Crippen LogP contribution in [0.25, 0.3) is 0 Å². The minimum atomic E-state index is 0.630. The fraction of sp³-hybridized carbons (Fsp3) is 0.500. The first-order valence-electron chi connectivity index (χ1n) is 5.18. The van der Waals surface area contributed by atoms with Crippen LogP contribution < -0.4 is 10.6 Å². The molecule has 0 saturated carbocycles. The van der Waals surface area contributed by atoms with Crippen LogP contribution in [0.1, 0.15) is 19.4 Å². The molecule has 3 heteroatoms. The van der Waals surface area contributed by atoms with Crippen molar-refractivity contribution >= 4 is 23.0 Å². The molecule has 1 aromatic carbocycles. The molecule has 0 aliphatic heterocycles. The van der Waals surface area contributed by atoms with Crippen LogP contribution >= 0.6 is 11.6 Å². The standard InChI is InChI=1S/C12H19ClN2/c1-8(2)7-15(4)12-6-10(13)11(14)5-9(12)3/h5-6,8H,7,14H2,1-4H3. The number of hydrogen-bond acceptors (Lipinski definition) is 2. The van der Waals surface area contributed by atoms with Gasteiger partial charge in [0.15, 0.2) is 0 Å². The maximum absolute atomic E-state index is 6.01. The maximum Gasteiger partial charge on any atom is 0.0656 e. The molecule has 0 saturated heterocycles. The molecule has 0 spiro atoms. The summed E-state index contributed by atoms with van der Waals surface area (Å²) in [6, 6.07) is 3.86. The van der Waals surface area contributed by atoms with E-state index in [1.54, 1.807) is 0 Å². The molecule has 0 aliphatic rings. The van der Waals surface area contributed by atoms with E-state index < -0.39 is 0 Å². The van der Waals surface area contributed by atoms with E-state index in [0.29, 0.717) is 16.6 Å². The molecule has 0 atom stereocenters. The molecule has 0 fully saturated rings. The Morgan fingerprint density at radius 1 is 1.40 bits per heavy atom. The molecule has 1 rings (SSSR count). The fourth-order valence-electron chi connectivity index (χ4n) is 1.75. The van der Waals surface area contributed by atoms with E-state index in [2.05, 4.69) is 32.7 Å². The van der Waals surface area contributed by atoms with Crippen LogP contribution in [0.2, 0.25) is 5.02 Å². The number of rotatable bonds is 3. The zero-order valence-corrected chi connectivity index (χ0v) is 10.6. The maximum atomic E-state index is 6.01. The van der Waals surface area contributed by atoms with Crippen molar-refractivity contribution in [2.45, 2.75) is 20.8 Å². The highest BCUT2D eigenvalue weighted by molar-refractivity contribution is 6.33. The predicted molar refractivity (Wildman–Crippen MR) is 68.7 cm³/mol. The lowest BCUT2D eigenvalue weighted by atomic mass is 10.1. The molecule has 1 aromatic rings. The molecule has 2 N–H and O–H groups in total. The first kappa shape index (κ1) is 12.2. The number of nitrogen functional groups attached to an aromatic ring is 1. The number of aryl methyl sites for hydroxylation is 1. The van der Waals surface area contributed by atoms with E-state index in [-0.39, 0.29) is 0 Å². The van der Waals surface area contributed by atoms with Gasteiger partial charge in [0.2, 0.25) is 0 Å². The lowest BCUT2D eigenvalue weighted by Gasteiger charge is -2.24. The van der Waals surface area contributed by atoms with Crippen LogP contribution in [0, 0.1) is 12.8 Å². The second-order valence-corrected chi connectivity index (χ2v) is 4.84. The van der Waals surface area contributed by atoms with Gasteiger partial charge in [-0.3, -0.25) is 0 Å². The monoisotopic (exact) mass is 226 g/mol. The zero-order chi connectivity index (χ0) is 11.6. The van der Waals surface area contributed by atoms with Crippen LogP contribution in [0.5, 0.6) is 0 Å².